The number of nitrogens with one attached hydrogen (secondary N) is 1. The summed E-state index contributed by atoms with van der Waals surface area (Å²) < 4.78 is 0. The van der Waals surface area contributed by atoms with Crippen molar-refractivity contribution in [1.82, 2.24) is 5.32 Å². The number of hydrogen-bond donors (Lipinski definition) is 2. The molecule has 1 heterocycles. The lowest BCUT2D eigenvalue weighted by atomic mass is 9.69. The lowest BCUT2D eigenvalue weighted by molar-refractivity contribution is -0.0306. The van der Waals surface area contributed by atoms with Crippen molar-refractivity contribution in [2.45, 2.75) is 45.1 Å². The highest BCUT2D eigenvalue weighted by Gasteiger charge is 2.41. The van der Waals surface area contributed by atoms with Crippen LogP contribution in [0.15, 0.2) is 0 Å². The van der Waals surface area contributed by atoms with Gasteiger partial charge in [-0.3, -0.25) is 0 Å². The summed E-state index contributed by atoms with van der Waals surface area (Å²) in [6.45, 7) is 6.50. The fourth-order valence-electron chi connectivity index (χ4n) is 3.08. The van der Waals surface area contributed by atoms with Crippen molar-refractivity contribution in [3.63, 3.8) is 0 Å². The van der Waals surface area contributed by atoms with Crippen molar-refractivity contribution in [2.75, 3.05) is 13.1 Å². The molecule has 2 heteroatoms. The minimum absolute atomic E-state index is 0.381. The highest BCUT2D eigenvalue weighted by Crippen LogP contribution is 2.40. The SMILES string of the molecule is CC1CCC(C2(O)CCNC2)CC1C. The minimum atomic E-state index is -0.381. The van der Waals surface area contributed by atoms with E-state index in [9.17, 15) is 5.11 Å². The van der Waals surface area contributed by atoms with Gasteiger partial charge in [0.15, 0.2) is 0 Å². The van der Waals surface area contributed by atoms with Crippen LogP contribution in [0.25, 0.3) is 0 Å². The Hall–Kier alpha value is -0.0800. The second kappa shape index (κ2) is 3.82. The van der Waals surface area contributed by atoms with Crippen LogP contribution in [-0.4, -0.2) is 23.8 Å². The first kappa shape index (κ1) is 10.4. The predicted octanol–water partition coefficient (Wildman–Crippen LogP) is 1.78. The molecule has 0 bridgehead atoms. The van der Waals surface area contributed by atoms with Gasteiger partial charge in [-0.25, -0.2) is 0 Å². The summed E-state index contributed by atoms with van der Waals surface area (Å²) in [5.74, 6) is 2.19. The Labute approximate surface area is 87.1 Å². The zero-order valence-corrected chi connectivity index (χ0v) is 9.42. The van der Waals surface area contributed by atoms with Gasteiger partial charge in [-0.05, 0) is 43.6 Å². The van der Waals surface area contributed by atoms with Gasteiger partial charge in [0.1, 0.15) is 0 Å². The number of β-amino-alcohol motifs (C(OH)–C–C–N with tert-alkyl or cyclic N) is 1. The molecule has 1 aliphatic carbocycles. The number of aliphatic hydroxyl groups is 1. The fourth-order valence-corrected chi connectivity index (χ4v) is 3.08. The maximum Gasteiger partial charge on any atom is 0.0811 e. The zero-order valence-electron chi connectivity index (χ0n) is 9.42. The lowest BCUT2D eigenvalue weighted by Crippen LogP contribution is -2.43. The summed E-state index contributed by atoms with van der Waals surface area (Å²) >= 11 is 0. The van der Waals surface area contributed by atoms with Crippen molar-refractivity contribution in [3.8, 4) is 0 Å². The molecule has 4 unspecified atom stereocenters. The van der Waals surface area contributed by atoms with Crippen LogP contribution in [-0.2, 0) is 0 Å². The summed E-state index contributed by atoms with van der Waals surface area (Å²) in [6.07, 6.45) is 4.70. The van der Waals surface area contributed by atoms with Crippen LogP contribution in [0.1, 0.15) is 39.5 Å². The van der Waals surface area contributed by atoms with E-state index < -0.39 is 0 Å². The van der Waals surface area contributed by atoms with Crippen LogP contribution in [0, 0.1) is 17.8 Å². The largest absolute Gasteiger partial charge is 0.388 e. The molecule has 82 valence electrons. The molecule has 2 rings (SSSR count). The van der Waals surface area contributed by atoms with Gasteiger partial charge in [-0.1, -0.05) is 20.3 Å². The second-order valence-electron chi connectivity index (χ2n) is 5.49. The third-order valence-corrected chi connectivity index (χ3v) is 4.52. The van der Waals surface area contributed by atoms with Crippen LogP contribution in [0.4, 0.5) is 0 Å². The zero-order chi connectivity index (χ0) is 10.2. The molecule has 2 nitrogen and oxygen atoms in total. The van der Waals surface area contributed by atoms with E-state index in [-0.39, 0.29) is 5.60 Å². The van der Waals surface area contributed by atoms with E-state index in [1.165, 1.54) is 19.3 Å². The Bertz CT molecular complexity index is 198. The first-order valence-corrected chi connectivity index (χ1v) is 6.05. The normalized spacial score (nSPS) is 49.5. The molecule has 2 aliphatic rings. The Morgan fingerprint density at radius 3 is 2.57 bits per heavy atom. The van der Waals surface area contributed by atoms with Gasteiger partial charge in [0.25, 0.3) is 0 Å². The third kappa shape index (κ3) is 1.82. The molecule has 2 N–H and O–H groups in total. The Morgan fingerprint density at radius 2 is 2.00 bits per heavy atom. The standard InChI is InChI=1S/C12H23NO/c1-9-3-4-11(7-10(9)2)12(14)5-6-13-8-12/h9-11,13-14H,3-8H2,1-2H3. The molecule has 0 aromatic rings. The van der Waals surface area contributed by atoms with E-state index in [1.807, 2.05) is 0 Å². The Kier molecular flexibility index (Phi) is 2.85. The quantitative estimate of drug-likeness (QED) is 0.671. The van der Waals surface area contributed by atoms with Gasteiger partial charge in [-0.15, -0.1) is 0 Å². The monoisotopic (exact) mass is 197 g/mol. The molecule has 1 saturated heterocycles. The maximum atomic E-state index is 10.5. The van der Waals surface area contributed by atoms with E-state index in [2.05, 4.69) is 19.2 Å². The van der Waals surface area contributed by atoms with Crippen molar-refractivity contribution < 1.29 is 5.11 Å². The molecule has 14 heavy (non-hydrogen) atoms. The molecule has 4 atom stereocenters. The molecule has 0 spiro atoms. The predicted molar refractivity (Wildman–Crippen MR) is 58.1 cm³/mol. The van der Waals surface area contributed by atoms with Crippen molar-refractivity contribution in [3.05, 3.63) is 0 Å². The van der Waals surface area contributed by atoms with E-state index >= 15 is 0 Å². The molecule has 1 aliphatic heterocycles. The summed E-state index contributed by atoms with van der Waals surface area (Å²) in [6, 6.07) is 0. The van der Waals surface area contributed by atoms with Gasteiger partial charge in [0.05, 0.1) is 5.60 Å². The molecular weight excluding hydrogens is 174 g/mol. The van der Waals surface area contributed by atoms with Gasteiger partial charge < -0.3 is 10.4 Å². The minimum Gasteiger partial charge on any atom is -0.388 e. The molecule has 2 fully saturated rings. The average molecular weight is 197 g/mol. The second-order valence-corrected chi connectivity index (χ2v) is 5.49. The van der Waals surface area contributed by atoms with Crippen molar-refractivity contribution in [2.24, 2.45) is 17.8 Å². The van der Waals surface area contributed by atoms with Crippen LogP contribution >= 0.6 is 0 Å². The Morgan fingerprint density at radius 1 is 1.21 bits per heavy atom. The molecule has 1 saturated carbocycles. The molecular formula is C12H23NO. The van der Waals surface area contributed by atoms with E-state index in [0.717, 1.165) is 31.3 Å². The topological polar surface area (TPSA) is 32.3 Å². The van der Waals surface area contributed by atoms with Crippen molar-refractivity contribution >= 4 is 0 Å². The summed E-state index contributed by atoms with van der Waals surface area (Å²) in [7, 11) is 0. The Balaban J connectivity index is 1.98. The van der Waals surface area contributed by atoms with Crippen LogP contribution in [0.5, 0.6) is 0 Å². The summed E-state index contributed by atoms with van der Waals surface area (Å²) in [4.78, 5) is 0. The number of rotatable bonds is 1. The molecule has 0 amide bonds. The first-order chi connectivity index (χ1) is 6.62. The summed E-state index contributed by atoms with van der Waals surface area (Å²) in [5.41, 5.74) is -0.381. The van der Waals surface area contributed by atoms with Gasteiger partial charge in [-0.2, -0.15) is 0 Å². The highest BCUT2D eigenvalue weighted by molar-refractivity contribution is 4.96. The van der Waals surface area contributed by atoms with Crippen LogP contribution in [0.3, 0.4) is 0 Å². The van der Waals surface area contributed by atoms with E-state index in [1.54, 1.807) is 0 Å². The third-order valence-electron chi connectivity index (χ3n) is 4.52. The van der Waals surface area contributed by atoms with E-state index in [0.29, 0.717) is 5.92 Å². The fraction of sp³-hybridized carbons (Fsp3) is 1.00. The van der Waals surface area contributed by atoms with Gasteiger partial charge in [0, 0.05) is 6.54 Å². The molecule has 0 aromatic carbocycles. The molecule has 0 aromatic heterocycles. The van der Waals surface area contributed by atoms with Gasteiger partial charge >= 0.3 is 0 Å². The molecule has 0 radical (unpaired) electrons. The summed E-state index contributed by atoms with van der Waals surface area (Å²) in [5, 5.41) is 13.7. The van der Waals surface area contributed by atoms with Crippen molar-refractivity contribution in [1.29, 1.82) is 0 Å². The van der Waals surface area contributed by atoms with E-state index in [4.69, 9.17) is 0 Å². The smallest absolute Gasteiger partial charge is 0.0811 e. The lowest BCUT2D eigenvalue weighted by Gasteiger charge is -2.40. The van der Waals surface area contributed by atoms with Crippen LogP contribution in [0.2, 0.25) is 0 Å². The average Bonchev–Trinajstić information content (AvgIpc) is 2.58. The van der Waals surface area contributed by atoms with Gasteiger partial charge in [0.2, 0.25) is 0 Å². The van der Waals surface area contributed by atoms with Crippen LogP contribution < -0.4 is 5.32 Å². The number of hydrogen-bond acceptors (Lipinski definition) is 2. The highest BCUT2D eigenvalue weighted by atomic mass is 16.3. The maximum absolute atomic E-state index is 10.5. The first-order valence-electron chi connectivity index (χ1n) is 6.05.